The second-order valence-electron chi connectivity index (χ2n) is 7.00. The van der Waals surface area contributed by atoms with E-state index in [9.17, 15) is 9.18 Å². The van der Waals surface area contributed by atoms with Crippen molar-refractivity contribution in [2.24, 2.45) is 0 Å². The lowest BCUT2D eigenvalue weighted by atomic mass is 9.85. The summed E-state index contributed by atoms with van der Waals surface area (Å²) in [6.45, 7) is 2.20. The number of hydrogen-bond donors (Lipinski definition) is 2. The zero-order valence-corrected chi connectivity index (χ0v) is 14.6. The molecule has 136 valence electrons. The van der Waals surface area contributed by atoms with E-state index in [0.29, 0.717) is 24.3 Å². The molecular formula is C21H23FN2O2. The first-order valence-corrected chi connectivity index (χ1v) is 9.20. The Morgan fingerprint density at radius 3 is 2.85 bits per heavy atom. The molecule has 2 aromatic rings. The van der Waals surface area contributed by atoms with Crippen molar-refractivity contribution in [3.8, 4) is 5.75 Å². The molecule has 1 amide bonds. The first-order chi connectivity index (χ1) is 12.7. The number of carbonyl (C=O) groups is 1. The van der Waals surface area contributed by atoms with E-state index in [4.69, 9.17) is 4.74 Å². The maximum atomic E-state index is 13.7. The van der Waals surface area contributed by atoms with Gasteiger partial charge in [0.05, 0.1) is 12.5 Å². The van der Waals surface area contributed by atoms with Gasteiger partial charge in [-0.15, -0.1) is 0 Å². The molecule has 0 aromatic heterocycles. The average Bonchev–Trinajstić information content (AvgIpc) is 2.68. The van der Waals surface area contributed by atoms with Gasteiger partial charge in [0.15, 0.2) is 0 Å². The number of rotatable bonds is 3. The monoisotopic (exact) mass is 354 g/mol. The molecule has 4 rings (SSSR count). The van der Waals surface area contributed by atoms with Crippen molar-refractivity contribution in [3.63, 3.8) is 0 Å². The van der Waals surface area contributed by atoms with Crippen LogP contribution in [0.15, 0.2) is 48.5 Å². The van der Waals surface area contributed by atoms with Crippen molar-refractivity contribution in [3.05, 3.63) is 65.5 Å². The van der Waals surface area contributed by atoms with Crippen LogP contribution in [0.2, 0.25) is 0 Å². The fraction of sp³-hybridized carbons (Fsp3) is 0.381. The quantitative estimate of drug-likeness (QED) is 0.891. The van der Waals surface area contributed by atoms with Crippen molar-refractivity contribution >= 4 is 5.91 Å². The van der Waals surface area contributed by atoms with Gasteiger partial charge in [0.1, 0.15) is 11.6 Å². The number of benzene rings is 2. The SMILES string of the molecule is O=C(NC1CCNCC1c1ccccc1)C1CCOc2ccc(F)cc21. The highest BCUT2D eigenvalue weighted by Crippen LogP contribution is 2.35. The van der Waals surface area contributed by atoms with Crippen molar-refractivity contribution < 1.29 is 13.9 Å². The number of halogens is 1. The van der Waals surface area contributed by atoms with E-state index in [2.05, 4.69) is 22.8 Å². The molecule has 2 aliphatic rings. The van der Waals surface area contributed by atoms with Gasteiger partial charge in [0.25, 0.3) is 0 Å². The van der Waals surface area contributed by atoms with Crippen LogP contribution in [0, 0.1) is 5.82 Å². The summed E-state index contributed by atoms with van der Waals surface area (Å²) in [7, 11) is 0. The topological polar surface area (TPSA) is 50.4 Å². The number of piperidine rings is 1. The number of carbonyl (C=O) groups excluding carboxylic acids is 1. The molecule has 3 atom stereocenters. The third kappa shape index (κ3) is 3.44. The van der Waals surface area contributed by atoms with Crippen molar-refractivity contribution in [1.82, 2.24) is 10.6 Å². The summed E-state index contributed by atoms with van der Waals surface area (Å²) in [6, 6.07) is 14.8. The van der Waals surface area contributed by atoms with Gasteiger partial charge in [-0.25, -0.2) is 4.39 Å². The second-order valence-corrected chi connectivity index (χ2v) is 7.00. The second kappa shape index (κ2) is 7.46. The molecule has 2 heterocycles. The Morgan fingerprint density at radius 2 is 2.00 bits per heavy atom. The summed E-state index contributed by atoms with van der Waals surface area (Å²) in [6.07, 6.45) is 1.45. The molecule has 2 aromatic carbocycles. The van der Waals surface area contributed by atoms with Crippen LogP contribution in [-0.4, -0.2) is 31.6 Å². The van der Waals surface area contributed by atoms with Crippen LogP contribution in [0.1, 0.15) is 35.8 Å². The Bertz CT molecular complexity index is 781. The van der Waals surface area contributed by atoms with E-state index >= 15 is 0 Å². The number of ether oxygens (including phenoxy) is 1. The summed E-state index contributed by atoms with van der Waals surface area (Å²) >= 11 is 0. The van der Waals surface area contributed by atoms with E-state index in [1.807, 2.05) is 18.2 Å². The molecule has 1 saturated heterocycles. The van der Waals surface area contributed by atoms with Gasteiger partial charge in [-0.2, -0.15) is 0 Å². The zero-order chi connectivity index (χ0) is 17.9. The first kappa shape index (κ1) is 17.0. The van der Waals surface area contributed by atoms with E-state index in [-0.39, 0.29) is 29.6 Å². The predicted molar refractivity (Wildman–Crippen MR) is 97.9 cm³/mol. The summed E-state index contributed by atoms with van der Waals surface area (Å²) in [5.74, 6) is 0.119. The van der Waals surface area contributed by atoms with E-state index in [1.165, 1.54) is 17.7 Å². The zero-order valence-electron chi connectivity index (χ0n) is 14.6. The molecule has 2 aliphatic heterocycles. The van der Waals surface area contributed by atoms with Gasteiger partial charge in [-0.05, 0) is 43.1 Å². The van der Waals surface area contributed by atoms with Gasteiger partial charge < -0.3 is 15.4 Å². The maximum absolute atomic E-state index is 13.7. The molecule has 0 radical (unpaired) electrons. The summed E-state index contributed by atoms with van der Waals surface area (Å²) in [4.78, 5) is 13.0. The van der Waals surface area contributed by atoms with Gasteiger partial charge in [-0.1, -0.05) is 30.3 Å². The number of fused-ring (bicyclic) bond motifs is 1. The largest absolute Gasteiger partial charge is 0.493 e. The number of amides is 1. The molecular weight excluding hydrogens is 331 g/mol. The normalized spacial score (nSPS) is 25.0. The molecule has 26 heavy (non-hydrogen) atoms. The lowest BCUT2D eigenvalue weighted by molar-refractivity contribution is -0.124. The third-order valence-corrected chi connectivity index (χ3v) is 5.37. The Hall–Kier alpha value is -2.40. The minimum absolute atomic E-state index is 0.0343. The molecule has 0 bridgehead atoms. The van der Waals surface area contributed by atoms with Crippen LogP contribution >= 0.6 is 0 Å². The minimum Gasteiger partial charge on any atom is -0.493 e. The molecule has 5 heteroatoms. The van der Waals surface area contributed by atoms with E-state index < -0.39 is 0 Å². The summed E-state index contributed by atoms with van der Waals surface area (Å²) in [5.41, 5.74) is 1.88. The standard InChI is InChI=1S/C21H23FN2O2/c22-15-6-7-20-17(12-15)16(9-11-26-20)21(25)24-19-8-10-23-13-18(19)14-4-2-1-3-5-14/h1-7,12,16,18-19,23H,8-11,13H2,(H,24,25). The molecule has 3 unspecified atom stereocenters. The van der Waals surface area contributed by atoms with Crippen LogP contribution in [-0.2, 0) is 4.79 Å². The lowest BCUT2D eigenvalue weighted by Gasteiger charge is -2.35. The van der Waals surface area contributed by atoms with Crippen molar-refractivity contribution in [2.45, 2.75) is 30.7 Å². The molecule has 1 fully saturated rings. The van der Waals surface area contributed by atoms with E-state index in [0.717, 1.165) is 19.5 Å². The van der Waals surface area contributed by atoms with Crippen LogP contribution in [0.5, 0.6) is 5.75 Å². The van der Waals surface area contributed by atoms with Crippen LogP contribution in [0.3, 0.4) is 0 Å². The van der Waals surface area contributed by atoms with Crippen molar-refractivity contribution in [1.29, 1.82) is 0 Å². The highest BCUT2D eigenvalue weighted by Gasteiger charge is 2.33. The highest BCUT2D eigenvalue weighted by atomic mass is 19.1. The van der Waals surface area contributed by atoms with Crippen LogP contribution in [0.25, 0.3) is 0 Å². The lowest BCUT2D eigenvalue weighted by Crippen LogP contribution is -2.49. The smallest absolute Gasteiger partial charge is 0.228 e. The number of hydrogen-bond acceptors (Lipinski definition) is 3. The average molecular weight is 354 g/mol. The van der Waals surface area contributed by atoms with E-state index in [1.54, 1.807) is 6.07 Å². The van der Waals surface area contributed by atoms with Crippen molar-refractivity contribution in [2.75, 3.05) is 19.7 Å². The molecule has 2 N–H and O–H groups in total. The summed E-state index contributed by atoms with van der Waals surface area (Å²) < 4.78 is 19.3. The Labute approximate surface area is 152 Å². The Morgan fingerprint density at radius 1 is 1.15 bits per heavy atom. The summed E-state index contributed by atoms with van der Waals surface area (Å²) in [5, 5.41) is 6.66. The highest BCUT2D eigenvalue weighted by molar-refractivity contribution is 5.85. The Kier molecular flexibility index (Phi) is 4.89. The first-order valence-electron chi connectivity index (χ1n) is 9.20. The van der Waals surface area contributed by atoms with Gasteiger partial charge in [-0.3, -0.25) is 4.79 Å². The minimum atomic E-state index is -0.360. The van der Waals surface area contributed by atoms with Crippen LogP contribution < -0.4 is 15.4 Å². The fourth-order valence-electron chi connectivity index (χ4n) is 4.00. The van der Waals surface area contributed by atoms with Gasteiger partial charge >= 0.3 is 0 Å². The fourth-order valence-corrected chi connectivity index (χ4v) is 4.00. The Balaban J connectivity index is 1.53. The maximum Gasteiger partial charge on any atom is 0.228 e. The molecule has 4 nitrogen and oxygen atoms in total. The molecule has 0 aliphatic carbocycles. The predicted octanol–water partition coefficient (Wildman–Crippen LogP) is 2.95. The number of nitrogens with one attached hydrogen (secondary N) is 2. The van der Waals surface area contributed by atoms with Gasteiger partial charge in [0.2, 0.25) is 5.91 Å². The van der Waals surface area contributed by atoms with Crippen LogP contribution in [0.4, 0.5) is 4.39 Å². The third-order valence-electron chi connectivity index (χ3n) is 5.37. The van der Waals surface area contributed by atoms with Gasteiger partial charge in [0, 0.05) is 24.1 Å². The molecule has 0 saturated carbocycles. The molecule has 0 spiro atoms.